The van der Waals surface area contributed by atoms with Gasteiger partial charge >= 0.3 is 0 Å². The molecule has 1 saturated heterocycles. The van der Waals surface area contributed by atoms with Crippen LogP contribution in [0.4, 0.5) is 14.5 Å². The van der Waals surface area contributed by atoms with Gasteiger partial charge in [-0.25, -0.2) is 8.78 Å². The van der Waals surface area contributed by atoms with E-state index in [1.54, 1.807) is 19.2 Å². The van der Waals surface area contributed by atoms with Gasteiger partial charge in [0.1, 0.15) is 17.4 Å². The van der Waals surface area contributed by atoms with E-state index in [4.69, 9.17) is 9.26 Å². The van der Waals surface area contributed by atoms with Gasteiger partial charge in [0.05, 0.1) is 18.4 Å². The smallest absolute Gasteiger partial charge is 0.261 e. The second-order valence-electron chi connectivity index (χ2n) is 6.16. The lowest BCUT2D eigenvalue weighted by Crippen LogP contribution is -2.25. The Bertz CT molecular complexity index is 1010. The highest BCUT2D eigenvalue weighted by Gasteiger charge is 2.36. The molecule has 1 unspecified atom stereocenters. The SMILES string of the molecule is COc1ccccc1-c1nc(C2CC(=O)N(c3ccc(F)cc3F)C2)no1. The van der Waals surface area contributed by atoms with Gasteiger partial charge in [0.25, 0.3) is 5.89 Å². The van der Waals surface area contributed by atoms with Gasteiger partial charge in [-0.3, -0.25) is 4.79 Å². The molecule has 8 heteroatoms. The number of rotatable bonds is 4. The number of amides is 1. The maximum atomic E-state index is 14.0. The summed E-state index contributed by atoms with van der Waals surface area (Å²) in [6.07, 6.45) is 0.113. The Kier molecular flexibility index (Phi) is 4.31. The van der Waals surface area contributed by atoms with Gasteiger partial charge in [0, 0.05) is 24.9 Å². The topological polar surface area (TPSA) is 68.5 Å². The first-order valence-electron chi connectivity index (χ1n) is 8.29. The van der Waals surface area contributed by atoms with Crippen LogP contribution >= 0.6 is 0 Å². The van der Waals surface area contributed by atoms with Crippen molar-refractivity contribution in [1.29, 1.82) is 0 Å². The lowest BCUT2D eigenvalue weighted by molar-refractivity contribution is -0.117. The number of nitrogens with zero attached hydrogens (tertiary/aromatic N) is 3. The number of anilines is 1. The molecule has 1 aliphatic heterocycles. The molecule has 3 aromatic rings. The van der Waals surface area contributed by atoms with E-state index < -0.39 is 11.6 Å². The second-order valence-corrected chi connectivity index (χ2v) is 6.16. The van der Waals surface area contributed by atoms with Crippen LogP contribution in [0.1, 0.15) is 18.2 Å². The fourth-order valence-corrected chi connectivity index (χ4v) is 3.14. The number of ether oxygens (including phenoxy) is 1. The molecule has 0 aliphatic carbocycles. The highest BCUT2D eigenvalue weighted by Crippen LogP contribution is 2.34. The Morgan fingerprint density at radius 2 is 2.04 bits per heavy atom. The molecule has 6 nitrogen and oxygen atoms in total. The molecule has 1 atom stereocenters. The number of methoxy groups -OCH3 is 1. The molecule has 1 aromatic heterocycles. The summed E-state index contributed by atoms with van der Waals surface area (Å²) in [6.45, 7) is 0.187. The Balaban J connectivity index is 1.59. The number of halogens is 2. The monoisotopic (exact) mass is 371 g/mol. The van der Waals surface area contributed by atoms with Gasteiger partial charge in [0.2, 0.25) is 5.91 Å². The quantitative estimate of drug-likeness (QED) is 0.702. The lowest BCUT2D eigenvalue weighted by atomic mass is 10.1. The highest BCUT2D eigenvalue weighted by atomic mass is 19.1. The van der Waals surface area contributed by atoms with E-state index in [-0.39, 0.29) is 36.4 Å². The number of aromatic nitrogens is 2. The van der Waals surface area contributed by atoms with Crippen LogP contribution < -0.4 is 9.64 Å². The van der Waals surface area contributed by atoms with Crippen LogP contribution in [-0.2, 0) is 4.79 Å². The van der Waals surface area contributed by atoms with Crippen molar-refractivity contribution in [2.75, 3.05) is 18.6 Å². The van der Waals surface area contributed by atoms with E-state index >= 15 is 0 Å². The molecular weight excluding hydrogens is 356 g/mol. The largest absolute Gasteiger partial charge is 0.496 e. The van der Waals surface area contributed by atoms with Crippen molar-refractivity contribution in [2.45, 2.75) is 12.3 Å². The molecule has 2 heterocycles. The van der Waals surface area contributed by atoms with Crippen LogP contribution in [0.5, 0.6) is 5.75 Å². The average molecular weight is 371 g/mol. The Morgan fingerprint density at radius 1 is 1.22 bits per heavy atom. The van der Waals surface area contributed by atoms with E-state index in [2.05, 4.69) is 10.1 Å². The first-order chi connectivity index (χ1) is 13.1. The Morgan fingerprint density at radius 3 is 2.81 bits per heavy atom. The van der Waals surface area contributed by atoms with Crippen molar-refractivity contribution in [2.24, 2.45) is 0 Å². The van der Waals surface area contributed by atoms with Gasteiger partial charge < -0.3 is 14.2 Å². The van der Waals surface area contributed by atoms with E-state index in [1.165, 1.54) is 11.0 Å². The number of hydrogen-bond acceptors (Lipinski definition) is 5. The highest BCUT2D eigenvalue weighted by molar-refractivity contribution is 5.96. The summed E-state index contributed by atoms with van der Waals surface area (Å²) < 4.78 is 37.7. The van der Waals surface area contributed by atoms with Gasteiger partial charge in [-0.05, 0) is 24.3 Å². The Hall–Kier alpha value is -3.29. The van der Waals surface area contributed by atoms with Gasteiger partial charge in [-0.2, -0.15) is 4.98 Å². The minimum atomic E-state index is -0.785. The molecule has 0 radical (unpaired) electrons. The first kappa shape index (κ1) is 17.1. The molecule has 4 rings (SSSR count). The Labute approximate surface area is 153 Å². The van der Waals surface area contributed by atoms with E-state index in [0.717, 1.165) is 12.1 Å². The maximum Gasteiger partial charge on any atom is 0.261 e. The third-order valence-electron chi connectivity index (χ3n) is 4.47. The molecule has 0 saturated carbocycles. The number of carbonyl (C=O) groups excluding carboxylic acids is 1. The zero-order chi connectivity index (χ0) is 19.0. The molecule has 27 heavy (non-hydrogen) atoms. The number of carbonyl (C=O) groups is 1. The van der Waals surface area contributed by atoms with Gasteiger partial charge in [-0.15, -0.1) is 0 Å². The molecule has 1 amide bonds. The van der Waals surface area contributed by atoms with Crippen LogP contribution in [0.25, 0.3) is 11.5 Å². The molecular formula is C19H15F2N3O3. The van der Waals surface area contributed by atoms with Gasteiger partial charge in [0.15, 0.2) is 5.82 Å². The minimum Gasteiger partial charge on any atom is -0.496 e. The third-order valence-corrected chi connectivity index (χ3v) is 4.47. The van der Waals surface area contributed by atoms with Crippen molar-refractivity contribution in [3.63, 3.8) is 0 Å². The van der Waals surface area contributed by atoms with Crippen LogP contribution in [-0.4, -0.2) is 29.7 Å². The second kappa shape index (κ2) is 6.79. The summed E-state index contributed by atoms with van der Waals surface area (Å²) in [5, 5.41) is 3.97. The summed E-state index contributed by atoms with van der Waals surface area (Å²) >= 11 is 0. The van der Waals surface area contributed by atoms with E-state index in [9.17, 15) is 13.6 Å². The summed E-state index contributed by atoms with van der Waals surface area (Å²) in [4.78, 5) is 18.0. The van der Waals surface area contributed by atoms with Gasteiger partial charge in [-0.1, -0.05) is 17.3 Å². The molecule has 1 aliphatic rings. The molecule has 0 bridgehead atoms. The van der Waals surface area contributed by atoms with E-state index in [0.29, 0.717) is 17.1 Å². The number of benzene rings is 2. The first-order valence-corrected chi connectivity index (χ1v) is 8.29. The fourth-order valence-electron chi connectivity index (χ4n) is 3.14. The van der Waals surface area contributed by atoms with Crippen LogP contribution in [0.2, 0.25) is 0 Å². The molecule has 1 fully saturated rings. The van der Waals surface area contributed by atoms with Crippen molar-refractivity contribution < 1.29 is 22.8 Å². The molecule has 0 N–H and O–H groups in total. The average Bonchev–Trinajstić information content (AvgIpc) is 3.29. The standard InChI is InChI=1S/C19H15F2N3O3/c1-26-16-5-3-2-4-13(16)19-22-18(23-27-19)11-8-17(25)24(10-11)15-7-6-12(20)9-14(15)21/h2-7,9,11H,8,10H2,1H3. The summed E-state index contributed by atoms with van der Waals surface area (Å²) in [5.41, 5.74) is 0.682. The van der Waals surface area contributed by atoms with Crippen molar-refractivity contribution in [1.82, 2.24) is 10.1 Å². The minimum absolute atomic E-state index is 0.0392. The predicted octanol–water partition coefficient (Wildman–Crippen LogP) is 3.54. The zero-order valence-corrected chi connectivity index (χ0v) is 14.4. The van der Waals surface area contributed by atoms with Crippen LogP contribution in [0.15, 0.2) is 47.0 Å². The summed E-state index contributed by atoms with van der Waals surface area (Å²) in [5.74, 6) is -0.894. The third kappa shape index (κ3) is 3.14. The molecule has 2 aromatic carbocycles. The summed E-state index contributed by atoms with van der Waals surface area (Å²) in [6, 6.07) is 10.3. The molecule has 0 spiro atoms. The van der Waals surface area contributed by atoms with Crippen molar-refractivity contribution in [3.05, 3.63) is 59.9 Å². The van der Waals surface area contributed by atoms with Crippen molar-refractivity contribution in [3.8, 4) is 17.2 Å². The number of para-hydroxylation sites is 1. The lowest BCUT2D eigenvalue weighted by Gasteiger charge is -2.16. The summed E-state index contributed by atoms with van der Waals surface area (Å²) in [7, 11) is 1.54. The number of hydrogen-bond donors (Lipinski definition) is 0. The normalized spacial score (nSPS) is 16.8. The van der Waals surface area contributed by atoms with E-state index in [1.807, 2.05) is 12.1 Å². The fraction of sp³-hybridized carbons (Fsp3) is 0.211. The van der Waals surface area contributed by atoms with Crippen LogP contribution in [0.3, 0.4) is 0 Å². The maximum absolute atomic E-state index is 14.0. The zero-order valence-electron chi connectivity index (χ0n) is 14.4. The van der Waals surface area contributed by atoms with Crippen LogP contribution in [0, 0.1) is 11.6 Å². The molecule has 138 valence electrons. The van der Waals surface area contributed by atoms with Crippen molar-refractivity contribution >= 4 is 11.6 Å². The predicted molar refractivity (Wildman–Crippen MR) is 92.4 cm³/mol.